The Labute approximate surface area is 809 Å². The van der Waals surface area contributed by atoms with Gasteiger partial charge >= 0.3 is 47.8 Å². The Balaban J connectivity index is 0.000000288. The maximum Gasteiger partial charge on any atom is 0.323 e. The number of esters is 8. The molecule has 0 heterocycles. The lowest BCUT2D eigenvalue weighted by molar-refractivity contribution is -0.165. The van der Waals surface area contributed by atoms with E-state index in [0.29, 0.717) is 19.3 Å². The Kier molecular flexibility index (Phi) is 42.3. The Morgan fingerprint density at radius 3 is 0.706 bits per heavy atom. The fraction of sp³-hybridized carbons (Fsp3) is 0.443. The van der Waals surface area contributed by atoms with Gasteiger partial charge in [-0.3, -0.25) is 54.3 Å². The lowest BCUT2D eigenvalue weighted by Crippen LogP contribution is -2.54. The van der Waals surface area contributed by atoms with Crippen molar-refractivity contribution >= 4 is 47.8 Å². The van der Waals surface area contributed by atoms with E-state index in [2.05, 4.69) is 22.5 Å². The van der Waals surface area contributed by atoms with Gasteiger partial charge in [0, 0.05) is 19.4 Å². The third-order valence-corrected chi connectivity index (χ3v) is 20.6. The molecule has 0 saturated heterocycles. The van der Waals surface area contributed by atoms with E-state index in [1.807, 2.05) is 398 Å². The second kappa shape index (κ2) is 50.9. The van der Waals surface area contributed by atoms with Crippen LogP contribution in [0.25, 0.3) is 0 Å². The molecule has 0 aliphatic heterocycles. The minimum absolute atomic E-state index is 0.0637. The van der Waals surface area contributed by atoms with Gasteiger partial charge in [-0.05, 0) is 261 Å². The molecule has 9 aromatic rings. The van der Waals surface area contributed by atoms with Crippen molar-refractivity contribution in [1.29, 1.82) is 0 Å². The summed E-state index contributed by atoms with van der Waals surface area (Å²) in [6, 6.07) is 86.9. The van der Waals surface area contributed by atoms with Crippen molar-refractivity contribution in [2.75, 3.05) is 6.61 Å². The molecule has 9 aromatic carbocycles. The Morgan fingerprint density at radius 1 is 0.279 bits per heavy atom. The van der Waals surface area contributed by atoms with Crippen LogP contribution < -0.4 is 21.7 Å². The van der Waals surface area contributed by atoms with Gasteiger partial charge < -0.3 is 48.7 Å². The van der Waals surface area contributed by atoms with Gasteiger partial charge in [0.15, 0.2) is 0 Å². The summed E-state index contributed by atoms with van der Waals surface area (Å²) < 4.78 is 45.0. The number of benzene rings is 9. The van der Waals surface area contributed by atoms with E-state index in [4.69, 9.17) is 43.6 Å². The summed E-state index contributed by atoms with van der Waals surface area (Å²) in [7, 11) is 0. The SMILES string of the molecule is C=CCC(C[C@H](NC(c1ccccc1)(c1ccccc1)c1ccccc1)C(=O)OC(C)(C)C)C(=O)OC(C)(C)C.CC(C)(C)OC(=O)C(CCCO)C[C@H](NC(c1ccccc1)(c1ccccc1)c1ccccc1)C(=O)OC(C)(C)C.CC(C)(C)OC(=O)CC[C@H](N)C(=O)OC(C)(C)C.CC(C)(C)OC(=O)CC[C@H](NC(c1ccccc1)(c1ccccc1)c1ccccc1)C(=O)OC(C)(C)C. The number of hydrogen-bond donors (Lipinski definition) is 5. The van der Waals surface area contributed by atoms with Gasteiger partial charge in [0.05, 0.1) is 28.5 Å². The van der Waals surface area contributed by atoms with Crippen LogP contribution >= 0.6 is 0 Å². The number of rotatable bonds is 36. The van der Waals surface area contributed by atoms with E-state index in [9.17, 15) is 43.5 Å². The van der Waals surface area contributed by atoms with Gasteiger partial charge in [-0.2, -0.15) is 0 Å². The third-order valence-electron chi connectivity index (χ3n) is 20.6. The summed E-state index contributed by atoms with van der Waals surface area (Å²) in [5.74, 6) is -4.50. The molecule has 136 heavy (non-hydrogen) atoms. The zero-order valence-corrected chi connectivity index (χ0v) is 84.9. The lowest BCUT2D eigenvalue weighted by Gasteiger charge is -2.40. The average molecular weight is 1860 g/mol. The molecule has 0 saturated carbocycles. The predicted molar refractivity (Wildman–Crippen MR) is 539 cm³/mol. The molecular formula is C115H152N4O17. The largest absolute Gasteiger partial charge is 0.460 e. The summed E-state index contributed by atoms with van der Waals surface area (Å²) in [6.45, 7) is 47.5. The molecule has 21 nitrogen and oxygen atoms in total. The molecule has 0 aliphatic carbocycles. The summed E-state index contributed by atoms with van der Waals surface area (Å²) >= 11 is 0. The smallest absolute Gasteiger partial charge is 0.323 e. The Hall–Kier alpha value is -11.7. The number of aliphatic hydroxyl groups is 1. The standard InChI is InChI=1S/C35H45NO5.C35H43NO4.C32H39NO4.C13H25NO4/c1-33(2,3)40-31(38)26(17-16-24-37)25-30(32(39)41-34(4,5)6)36-35(27-18-10-7-11-19-27,28-20-12-8-13-21-28)29-22-14-9-15-23-29;1-8-18-26(31(37)39-33(2,3)4)25-30(32(38)40-34(5,6)7)36-35(27-19-12-9-13-20-27,28-21-14-10-15-22-28)29-23-16-11-17-24-29;1-30(2,3)36-28(34)23-22-27(29(35)37-31(4,5)6)33-32(24-16-10-7-11-17-24,25-18-12-8-13-19-25)26-20-14-9-15-21-26;1-12(2,3)17-10(15)8-7-9(14)11(16)18-13(4,5)6/h7-15,18-23,26,30,36-37H,16-17,24-25H2,1-6H3;8-17,19-24,26,30,36H,1,18,25H2,2-7H3;7-21,27,33H,22-23H2,1-6H3;9H,7-8,14H2,1-6H3/t2*26?,30-;27-;9-/m0000/s1. The molecule has 6 atom stereocenters. The quantitative estimate of drug-likeness (QED) is 0.0105. The highest BCUT2D eigenvalue weighted by Gasteiger charge is 2.47. The Morgan fingerprint density at radius 2 is 0.478 bits per heavy atom. The van der Waals surface area contributed by atoms with Gasteiger partial charge in [0.1, 0.15) is 69.0 Å². The van der Waals surface area contributed by atoms with Gasteiger partial charge in [-0.25, -0.2) is 0 Å². The van der Waals surface area contributed by atoms with Crippen LogP contribution in [0.5, 0.6) is 0 Å². The zero-order chi connectivity index (χ0) is 101. The molecule has 0 radical (unpaired) electrons. The van der Waals surface area contributed by atoms with Gasteiger partial charge in [0.25, 0.3) is 0 Å². The molecule has 6 N–H and O–H groups in total. The molecule has 0 aliphatic rings. The number of nitrogens with two attached hydrogens (primary N) is 1. The highest BCUT2D eigenvalue weighted by molar-refractivity contribution is 5.82. The minimum atomic E-state index is -0.944. The van der Waals surface area contributed by atoms with Crippen LogP contribution in [-0.2, 0) is 92.9 Å². The average Bonchev–Trinajstić information content (AvgIpc) is 0.759. The first-order valence-electron chi connectivity index (χ1n) is 47.1. The van der Waals surface area contributed by atoms with Crippen molar-refractivity contribution in [3.8, 4) is 0 Å². The highest BCUT2D eigenvalue weighted by Crippen LogP contribution is 2.43. The highest BCUT2D eigenvalue weighted by atomic mass is 16.6. The number of hydrogen-bond acceptors (Lipinski definition) is 21. The number of nitrogens with one attached hydrogen (secondary N) is 3. The maximum atomic E-state index is 14.0. The topological polar surface area (TPSA) is 293 Å². The first kappa shape index (κ1) is 113. The number of carbonyl (C=O) groups is 8. The normalized spacial score (nSPS) is 13.5. The summed E-state index contributed by atoms with van der Waals surface area (Å²) in [4.78, 5) is 104. The Bertz CT molecular complexity index is 4850. The van der Waals surface area contributed by atoms with E-state index in [1.165, 1.54) is 0 Å². The van der Waals surface area contributed by atoms with Crippen LogP contribution in [0.3, 0.4) is 0 Å². The van der Waals surface area contributed by atoms with Crippen LogP contribution in [0.1, 0.15) is 274 Å². The molecule has 2 unspecified atom stereocenters. The van der Waals surface area contributed by atoms with Gasteiger partial charge in [0.2, 0.25) is 0 Å². The minimum Gasteiger partial charge on any atom is -0.460 e. The fourth-order valence-electron chi connectivity index (χ4n) is 15.3. The van der Waals surface area contributed by atoms with Crippen LogP contribution in [0.15, 0.2) is 286 Å². The molecule has 21 heteroatoms. The molecule has 0 amide bonds. The predicted octanol–water partition coefficient (Wildman–Crippen LogP) is 21.8. The molecule has 0 bridgehead atoms. The molecular weight excluding hydrogens is 1710 g/mol. The monoisotopic (exact) mass is 1860 g/mol. The van der Waals surface area contributed by atoms with Crippen molar-refractivity contribution < 1.29 is 81.4 Å². The van der Waals surface area contributed by atoms with Gasteiger partial charge in [-0.1, -0.05) is 279 Å². The molecule has 0 spiro atoms. The molecule has 734 valence electrons. The summed E-state index contributed by atoms with van der Waals surface area (Å²) in [5.41, 5.74) is 6.34. The molecule has 0 aromatic heterocycles. The number of aliphatic hydroxyl groups excluding tert-OH is 1. The van der Waals surface area contributed by atoms with Crippen molar-refractivity contribution in [3.63, 3.8) is 0 Å². The maximum absolute atomic E-state index is 14.0. The van der Waals surface area contributed by atoms with Crippen molar-refractivity contribution in [2.45, 2.75) is 310 Å². The van der Waals surface area contributed by atoms with E-state index < -0.39 is 127 Å². The number of allylic oxidation sites excluding steroid dienone is 1. The van der Waals surface area contributed by atoms with E-state index in [-0.39, 0.29) is 63.0 Å². The van der Waals surface area contributed by atoms with E-state index in [0.717, 1.165) is 50.1 Å². The van der Waals surface area contributed by atoms with Crippen molar-refractivity contribution in [1.82, 2.24) is 16.0 Å². The second-order valence-corrected chi connectivity index (χ2v) is 41.9. The fourth-order valence-corrected chi connectivity index (χ4v) is 15.3. The van der Waals surface area contributed by atoms with Crippen molar-refractivity contribution in [3.05, 3.63) is 336 Å². The first-order valence-corrected chi connectivity index (χ1v) is 47.1. The van der Waals surface area contributed by atoms with E-state index in [1.54, 1.807) is 47.6 Å². The second-order valence-electron chi connectivity index (χ2n) is 41.9. The lowest BCUT2D eigenvalue weighted by atomic mass is 9.76. The first-order chi connectivity index (χ1) is 63.5. The van der Waals surface area contributed by atoms with E-state index >= 15 is 0 Å². The summed E-state index contributed by atoms with van der Waals surface area (Å²) in [5, 5.41) is 20.7. The van der Waals surface area contributed by atoms with Crippen LogP contribution in [0.2, 0.25) is 0 Å². The number of carbonyl (C=O) groups excluding carboxylic acids is 8. The molecule has 9 rings (SSSR count). The van der Waals surface area contributed by atoms with Gasteiger partial charge in [-0.15, -0.1) is 6.58 Å². The zero-order valence-electron chi connectivity index (χ0n) is 84.9. The van der Waals surface area contributed by atoms with Crippen molar-refractivity contribution in [2.24, 2.45) is 17.6 Å². The van der Waals surface area contributed by atoms with Crippen LogP contribution in [0, 0.1) is 11.8 Å². The summed E-state index contributed by atoms with van der Waals surface area (Å²) in [6.07, 6.45) is 3.78. The number of ether oxygens (including phenoxy) is 8. The van der Waals surface area contributed by atoms with Crippen LogP contribution in [-0.4, -0.2) is 128 Å². The third kappa shape index (κ3) is 37.7. The van der Waals surface area contributed by atoms with Crippen LogP contribution in [0.4, 0.5) is 0 Å². The molecule has 0 fully saturated rings.